The minimum absolute atomic E-state index is 0.0238. The van der Waals surface area contributed by atoms with Crippen LogP contribution in [0.5, 0.6) is 0 Å². The molecule has 23 heavy (non-hydrogen) atoms. The number of furan rings is 1. The van der Waals surface area contributed by atoms with Gasteiger partial charge in [-0.2, -0.15) is 0 Å². The molecule has 4 nitrogen and oxygen atoms in total. The number of nitrogens with one attached hydrogen (secondary N) is 1. The van der Waals surface area contributed by atoms with Gasteiger partial charge in [0.2, 0.25) is 5.91 Å². The van der Waals surface area contributed by atoms with Gasteiger partial charge in [0.15, 0.2) is 0 Å². The standard InChI is InChI=1S/C18H20FNO3/c19-16-6-2-1-5-15(16)17-9-7-13(23-17)8-10-18(21)20-12-14-4-3-11-22-14/h1-2,5-7,9,14H,3-4,8,10-12H2,(H,20,21). The Balaban J connectivity index is 1.49. The third kappa shape index (κ3) is 4.20. The molecule has 1 saturated heterocycles. The summed E-state index contributed by atoms with van der Waals surface area (Å²) in [6.45, 7) is 1.35. The van der Waals surface area contributed by atoms with Crippen LogP contribution in [0.15, 0.2) is 40.8 Å². The second-order valence-corrected chi connectivity index (χ2v) is 5.68. The highest BCUT2D eigenvalue weighted by molar-refractivity contribution is 5.76. The zero-order valence-corrected chi connectivity index (χ0v) is 12.9. The van der Waals surface area contributed by atoms with E-state index >= 15 is 0 Å². The van der Waals surface area contributed by atoms with E-state index in [1.807, 2.05) is 0 Å². The van der Waals surface area contributed by atoms with Crippen LogP contribution in [-0.2, 0) is 16.0 Å². The molecule has 1 aromatic heterocycles. The first-order valence-corrected chi connectivity index (χ1v) is 7.94. The Hall–Kier alpha value is -2.14. The molecule has 0 aliphatic carbocycles. The van der Waals surface area contributed by atoms with Crippen molar-refractivity contribution >= 4 is 5.91 Å². The van der Waals surface area contributed by atoms with Crippen LogP contribution < -0.4 is 5.32 Å². The molecule has 1 amide bonds. The third-order valence-corrected chi connectivity index (χ3v) is 3.95. The van der Waals surface area contributed by atoms with E-state index in [0.29, 0.717) is 36.5 Å². The van der Waals surface area contributed by atoms with Crippen molar-refractivity contribution in [2.24, 2.45) is 0 Å². The van der Waals surface area contributed by atoms with Gasteiger partial charge in [0.25, 0.3) is 0 Å². The average molecular weight is 317 g/mol. The monoisotopic (exact) mass is 317 g/mol. The zero-order chi connectivity index (χ0) is 16.1. The SMILES string of the molecule is O=C(CCc1ccc(-c2ccccc2F)o1)NCC1CCCO1. The van der Waals surface area contributed by atoms with E-state index in [-0.39, 0.29) is 17.8 Å². The molecular formula is C18H20FNO3. The molecule has 122 valence electrons. The van der Waals surface area contributed by atoms with Crippen LogP contribution in [0.4, 0.5) is 4.39 Å². The van der Waals surface area contributed by atoms with Crippen LogP contribution in [0.2, 0.25) is 0 Å². The van der Waals surface area contributed by atoms with E-state index in [9.17, 15) is 9.18 Å². The molecule has 1 aliphatic rings. The molecule has 1 unspecified atom stereocenters. The van der Waals surface area contributed by atoms with Gasteiger partial charge in [-0.3, -0.25) is 4.79 Å². The predicted molar refractivity (Wildman–Crippen MR) is 84.4 cm³/mol. The molecule has 5 heteroatoms. The van der Waals surface area contributed by atoms with Crippen molar-refractivity contribution in [2.75, 3.05) is 13.2 Å². The van der Waals surface area contributed by atoms with Gasteiger partial charge in [0.05, 0.1) is 11.7 Å². The fourth-order valence-electron chi connectivity index (χ4n) is 2.68. The highest BCUT2D eigenvalue weighted by atomic mass is 19.1. The summed E-state index contributed by atoms with van der Waals surface area (Å²) in [6, 6.07) is 10.00. The Morgan fingerprint density at radius 1 is 1.26 bits per heavy atom. The lowest BCUT2D eigenvalue weighted by molar-refractivity contribution is -0.121. The van der Waals surface area contributed by atoms with Gasteiger partial charge < -0.3 is 14.5 Å². The minimum Gasteiger partial charge on any atom is -0.461 e. The maximum Gasteiger partial charge on any atom is 0.220 e. The summed E-state index contributed by atoms with van der Waals surface area (Å²) < 4.78 is 24.8. The second kappa shape index (κ2) is 7.42. The van der Waals surface area contributed by atoms with Crippen molar-refractivity contribution in [1.82, 2.24) is 5.32 Å². The topological polar surface area (TPSA) is 51.5 Å². The van der Waals surface area contributed by atoms with Crippen molar-refractivity contribution in [1.29, 1.82) is 0 Å². The second-order valence-electron chi connectivity index (χ2n) is 5.68. The van der Waals surface area contributed by atoms with Crippen LogP contribution in [0.1, 0.15) is 25.0 Å². The molecule has 0 saturated carbocycles. The highest BCUT2D eigenvalue weighted by Crippen LogP contribution is 2.25. The van der Waals surface area contributed by atoms with Gasteiger partial charge in [-0.1, -0.05) is 12.1 Å². The number of aryl methyl sites for hydroxylation is 1. The van der Waals surface area contributed by atoms with Gasteiger partial charge in [0, 0.05) is 26.0 Å². The lowest BCUT2D eigenvalue weighted by Crippen LogP contribution is -2.31. The first-order chi connectivity index (χ1) is 11.2. The smallest absolute Gasteiger partial charge is 0.220 e. The number of hydrogen-bond acceptors (Lipinski definition) is 3. The fraction of sp³-hybridized carbons (Fsp3) is 0.389. The first-order valence-electron chi connectivity index (χ1n) is 7.94. The van der Waals surface area contributed by atoms with Crippen LogP contribution in [0.25, 0.3) is 11.3 Å². The lowest BCUT2D eigenvalue weighted by atomic mass is 10.1. The van der Waals surface area contributed by atoms with Crippen molar-refractivity contribution in [3.05, 3.63) is 48.0 Å². The molecule has 1 atom stereocenters. The summed E-state index contributed by atoms with van der Waals surface area (Å²) in [6.07, 6.45) is 3.05. The molecule has 0 spiro atoms. The van der Waals surface area contributed by atoms with Crippen molar-refractivity contribution in [3.8, 4) is 11.3 Å². The number of amides is 1. The number of benzene rings is 1. The molecule has 2 aromatic rings. The molecule has 2 heterocycles. The Morgan fingerprint density at radius 2 is 2.13 bits per heavy atom. The maximum absolute atomic E-state index is 13.7. The summed E-state index contributed by atoms with van der Waals surface area (Å²) in [7, 11) is 0. The summed E-state index contributed by atoms with van der Waals surface area (Å²) >= 11 is 0. The van der Waals surface area contributed by atoms with E-state index in [4.69, 9.17) is 9.15 Å². The number of carbonyl (C=O) groups is 1. The van der Waals surface area contributed by atoms with E-state index in [1.54, 1.807) is 30.3 Å². The van der Waals surface area contributed by atoms with Crippen LogP contribution in [0.3, 0.4) is 0 Å². The quantitative estimate of drug-likeness (QED) is 0.889. The molecule has 1 N–H and O–H groups in total. The maximum atomic E-state index is 13.7. The van der Waals surface area contributed by atoms with Gasteiger partial charge in [-0.25, -0.2) is 4.39 Å². The summed E-state index contributed by atoms with van der Waals surface area (Å²) in [4.78, 5) is 11.8. The van der Waals surface area contributed by atoms with Gasteiger partial charge >= 0.3 is 0 Å². The Labute approximate surface area is 134 Å². The van der Waals surface area contributed by atoms with Crippen LogP contribution in [-0.4, -0.2) is 25.2 Å². The summed E-state index contributed by atoms with van der Waals surface area (Å²) in [5.41, 5.74) is 0.432. The fourth-order valence-corrected chi connectivity index (χ4v) is 2.68. The Kier molecular flexibility index (Phi) is 5.08. The molecule has 1 aromatic carbocycles. The van der Waals surface area contributed by atoms with Crippen molar-refractivity contribution < 1.29 is 18.3 Å². The Bertz CT molecular complexity index is 662. The molecule has 3 rings (SSSR count). The molecule has 0 bridgehead atoms. The number of ether oxygens (including phenoxy) is 1. The number of halogens is 1. The normalized spacial score (nSPS) is 17.3. The molecule has 0 radical (unpaired) electrons. The highest BCUT2D eigenvalue weighted by Gasteiger charge is 2.16. The minimum atomic E-state index is -0.317. The van der Waals surface area contributed by atoms with Gasteiger partial charge in [-0.05, 0) is 37.1 Å². The van der Waals surface area contributed by atoms with E-state index < -0.39 is 0 Å². The summed E-state index contributed by atoms with van der Waals surface area (Å²) in [5, 5.41) is 2.88. The van der Waals surface area contributed by atoms with E-state index in [1.165, 1.54) is 6.07 Å². The van der Waals surface area contributed by atoms with Crippen LogP contribution >= 0.6 is 0 Å². The molecule has 1 fully saturated rings. The van der Waals surface area contributed by atoms with Gasteiger partial charge in [0.1, 0.15) is 17.3 Å². The third-order valence-electron chi connectivity index (χ3n) is 3.95. The van der Waals surface area contributed by atoms with Gasteiger partial charge in [-0.15, -0.1) is 0 Å². The number of hydrogen-bond donors (Lipinski definition) is 1. The largest absolute Gasteiger partial charge is 0.461 e. The average Bonchev–Trinajstić information content (AvgIpc) is 3.23. The zero-order valence-electron chi connectivity index (χ0n) is 12.9. The van der Waals surface area contributed by atoms with E-state index in [2.05, 4.69) is 5.32 Å². The number of carbonyl (C=O) groups excluding carboxylic acids is 1. The summed E-state index contributed by atoms with van der Waals surface area (Å²) in [5.74, 6) is 0.820. The lowest BCUT2D eigenvalue weighted by Gasteiger charge is -2.10. The predicted octanol–water partition coefficient (Wildman–Crippen LogP) is 3.31. The van der Waals surface area contributed by atoms with Crippen molar-refractivity contribution in [3.63, 3.8) is 0 Å². The van der Waals surface area contributed by atoms with Crippen molar-refractivity contribution in [2.45, 2.75) is 31.8 Å². The molecule has 1 aliphatic heterocycles. The first kappa shape index (κ1) is 15.7. The van der Waals surface area contributed by atoms with Crippen LogP contribution in [0, 0.1) is 5.82 Å². The number of rotatable bonds is 6. The molecular weight excluding hydrogens is 297 g/mol. The Morgan fingerprint density at radius 3 is 2.91 bits per heavy atom. The van der Waals surface area contributed by atoms with E-state index in [0.717, 1.165) is 19.4 Å².